The van der Waals surface area contributed by atoms with E-state index in [1.54, 1.807) is 0 Å². The minimum Gasteiger partial charge on any atom is -0.368 e. The van der Waals surface area contributed by atoms with Gasteiger partial charge in [0.25, 0.3) is 0 Å². The zero-order valence-electron chi connectivity index (χ0n) is 11.4. The molecular formula is C14H23N3O. The van der Waals surface area contributed by atoms with Crippen LogP contribution in [0.3, 0.4) is 0 Å². The summed E-state index contributed by atoms with van der Waals surface area (Å²) in [5.74, 6) is -0.350. The van der Waals surface area contributed by atoms with Crippen molar-refractivity contribution in [1.29, 1.82) is 0 Å². The average Bonchev–Trinajstić information content (AvgIpc) is 2.28. The number of carbonyl (C=O) groups is 1. The molecule has 18 heavy (non-hydrogen) atoms. The molecular weight excluding hydrogens is 226 g/mol. The maximum absolute atomic E-state index is 11.4. The lowest BCUT2D eigenvalue weighted by Gasteiger charge is -2.22. The van der Waals surface area contributed by atoms with Gasteiger partial charge in [-0.3, -0.25) is 4.79 Å². The van der Waals surface area contributed by atoms with Gasteiger partial charge in [0.05, 0.1) is 0 Å². The Morgan fingerprint density at radius 2 is 1.83 bits per heavy atom. The first-order valence-corrected chi connectivity index (χ1v) is 6.23. The van der Waals surface area contributed by atoms with Crippen LogP contribution in [0.15, 0.2) is 30.3 Å². The number of amides is 1. The molecule has 0 saturated heterocycles. The Labute approximate surface area is 109 Å². The molecule has 1 amide bonds. The third-order valence-electron chi connectivity index (χ3n) is 2.55. The molecule has 0 saturated carbocycles. The fourth-order valence-electron chi connectivity index (χ4n) is 1.68. The molecule has 4 heteroatoms. The van der Waals surface area contributed by atoms with Crippen LogP contribution < -0.4 is 16.4 Å². The number of carbonyl (C=O) groups excluding carboxylic acids is 1. The van der Waals surface area contributed by atoms with Crippen LogP contribution in [0.25, 0.3) is 0 Å². The first-order chi connectivity index (χ1) is 8.40. The summed E-state index contributed by atoms with van der Waals surface area (Å²) in [6.07, 6.45) is 0. The lowest BCUT2D eigenvalue weighted by Crippen LogP contribution is -2.42. The predicted molar refractivity (Wildman–Crippen MR) is 74.1 cm³/mol. The molecule has 0 spiro atoms. The van der Waals surface area contributed by atoms with E-state index in [0.29, 0.717) is 6.54 Å². The van der Waals surface area contributed by atoms with E-state index in [1.807, 2.05) is 30.3 Å². The van der Waals surface area contributed by atoms with Gasteiger partial charge in [0.15, 0.2) is 0 Å². The molecule has 0 aromatic heterocycles. The minimum absolute atomic E-state index is 0.0800. The molecule has 100 valence electrons. The van der Waals surface area contributed by atoms with Gasteiger partial charge in [-0.2, -0.15) is 0 Å². The zero-order chi connectivity index (χ0) is 13.6. The molecule has 1 rings (SSSR count). The largest absolute Gasteiger partial charge is 0.368 e. The quantitative estimate of drug-likeness (QED) is 0.663. The molecule has 0 aliphatic heterocycles. The second kappa shape index (κ2) is 6.52. The van der Waals surface area contributed by atoms with Crippen molar-refractivity contribution in [2.75, 3.05) is 13.1 Å². The standard InChI is InChI=1S/C14H23N3O/c1-14(2,3)17-10-9-16-12(13(15)18)11-7-5-4-6-8-11/h4-8,12,16-17H,9-10H2,1-3H3,(H2,15,18). The second-order valence-electron chi connectivity index (χ2n) is 5.38. The van der Waals surface area contributed by atoms with E-state index in [2.05, 4.69) is 31.4 Å². The van der Waals surface area contributed by atoms with E-state index in [9.17, 15) is 4.79 Å². The van der Waals surface area contributed by atoms with Gasteiger partial charge in [0.1, 0.15) is 6.04 Å². The number of nitrogens with one attached hydrogen (secondary N) is 2. The third kappa shape index (κ3) is 5.29. The van der Waals surface area contributed by atoms with E-state index in [-0.39, 0.29) is 11.4 Å². The van der Waals surface area contributed by atoms with Gasteiger partial charge in [-0.05, 0) is 26.3 Å². The van der Waals surface area contributed by atoms with Gasteiger partial charge in [-0.15, -0.1) is 0 Å². The summed E-state index contributed by atoms with van der Waals surface area (Å²) in [5, 5.41) is 6.52. The molecule has 4 nitrogen and oxygen atoms in total. The van der Waals surface area contributed by atoms with Gasteiger partial charge < -0.3 is 16.4 Å². The molecule has 0 aliphatic carbocycles. The first kappa shape index (κ1) is 14.7. The van der Waals surface area contributed by atoms with Crippen LogP contribution in [0.4, 0.5) is 0 Å². The van der Waals surface area contributed by atoms with E-state index in [0.717, 1.165) is 12.1 Å². The summed E-state index contributed by atoms with van der Waals surface area (Å²) in [5.41, 5.74) is 6.40. The summed E-state index contributed by atoms with van der Waals surface area (Å²) >= 11 is 0. The van der Waals surface area contributed by atoms with Gasteiger partial charge >= 0.3 is 0 Å². The van der Waals surface area contributed by atoms with Crippen molar-refractivity contribution in [1.82, 2.24) is 10.6 Å². The fourth-order valence-corrected chi connectivity index (χ4v) is 1.68. The Morgan fingerprint density at radius 1 is 1.22 bits per heavy atom. The van der Waals surface area contributed by atoms with E-state index in [4.69, 9.17) is 5.73 Å². The van der Waals surface area contributed by atoms with Gasteiger partial charge in [0, 0.05) is 18.6 Å². The van der Waals surface area contributed by atoms with Crippen molar-refractivity contribution in [3.8, 4) is 0 Å². The number of nitrogens with two attached hydrogens (primary N) is 1. The van der Waals surface area contributed by atoms with Crippen molar-refractivity contribution >= 4 is 5.91 Å². The number of primary amides is 1. The van der Waals surface area contributed by atoms with Crippen molar-refractivity contribution in [3.63, 3.8) is 0 Å². The van der Waals surface area contributed by atoms with Crippen molar-refractivity contribution in [2.45, 2.75) is 32.4 Å². The lowest BCUT2D eigenvalue weighted by atomic mass is 10.1. The topological polar surface area (TPSA) is 67.2 Å². The molecule has 1 unspecified atom stereocenters. The Balaban J connectivity index is 2.48. The minimum atomic E-state index is -0.423. The van der Waals surface area contributed by atoms with Crippen molar-refractivity contribution in [2.24, 2.45) is 5.73 Å². The molecule has 1 aromatic carbocycles. The summed E-state index contributed by atoms with van der Waals surface area (Å²) in [6.45, 7) is 7.81. The SMILES string of the molecule is CC(C)(C)NCCNC(C(N)=O)c1ccccc1. The lowest BCUT2D eigenvalue weighted by molar-refractivity contribution is -0.120. The van der Waals surface area contributed by atoms with Crippen LogP contribution in [0.1, 0.15) is 32.4 Å². The average molecular weight is 249 g/mol. The molecule has 1 aromatic rings. The van der Waals surface area contributed by atoms with Crippen LogP contribution in [0.2, 0.25) is 0 Å². The highest BCUT2D eigenvalue weighted by molar-refractivity contribution is 5.81. The molecule has 0 heterocycles. The van der Waals surface area contributed by atoms with Crippen LogP contribution in [-0.4, -0.2) is 24.5 Å². The number of hydrogen-bond donors (Lipinski definition) is 3. The maximum atomic E-state index is 11.4. The molecule has 0 fully saturated rings. The molecule has 0 aliphatic rings. The highest BCUT2D eigenvalue weighted by atomic mass is 16.1. The first-order valence-electron chi connectivity index (χ1n) is 6.23. The van der Waals surface area contributed by atoms with Crippen molar-refractivity contribution in [3.05, 3.63) is 35.9 Å². The maximum Gasteiger partial charge on any atom is 0.239 e. The van der Waals surface area contributed by atoms with Crippen molar-refractivity contribution < 1.29 is 4.79 Å². The van der Waals surface area contributed by atoms with Crippen LogP contribution in [0, 0.1) is 0 Å². The Morgan fingerprint density at radius 3 is 2.33 bits per heavy atom. The van der Waals surface area contributed by atoms with Crippen LogP contribution in [-0.2, 0) is 4.79 Å². The van der Waals surface area contributed by atoms with Crippen LogP contribution >= 0.6 is 0 Å². The Bertz CT molecular complexity index is 370. The second-order valence-corrected chi connectivity index (χ2v) is 5.38. The number of rotatable bonds is 6. The summed E-state index contributed by atoms with van der Waals surface area (Å²) in [7, 11) is 0. The number of benzene rings is 1. The summed E-state index contributed by atoms with van der Waals surface area (Å²) in [4.78, 5) is 11.4. The molecule has 4 N–H and O–H groups in total. The van der Waals surface area contributed by atoms with E-state index < -0.39 is 6.04 Å². The molecule has 0 bridgehead atoms. The number of hydrogen-bond acceptors (Lipinski definition) is 3. The summed E-state index contributed by atoms with van der Waals surface area (Å²) in [6, 6.07) is 9.11. The van der Waals surface area contributed by atoms with E-state index >= 15 is 0 Å². The summed E-state index contributed by atoms with van der Waals surface area (Å²) < 4.78 is 0. The predicted octanol–water partition coefficient (Wildman–Crippen LogP) is 1.19. The van der Waals surface area contributed by atoms with Gasteiger partial charge in [-0.1, -0.05) is 30.3 Å². The monoisotopic (exact) mass is 249 g/mol. The smallest absolute Gasteiger partial charge is 0.239 e. The van der Waals surface area contributed by atoms with Crippen LogP contribution in [0.5, 0.6) is 0 Å². The van der Waals surface area contributed by atoms with Gasteiger partial charge in [0.2, 0.25) is 5.91 Å². The molecule has 1 atom stereocenters. The Kier molecular flexibility index (Phi) is 5.31. The fraction of sp³-hybridized carbons (Fsp3) is 0.500. The zero-order valence-corrected chi connectivity index (χ0v) is 11.4. The van der Waals surface area contributed by atoms with Gasteiger partial charge in [-0.25, -0.2) is 0 Å². The van der Waals surface area contributed by atoms with E-state index in [1.165, 1.54) is 0 Å². The molecule has 0 radical (unpaired) electrons. The highest BCUT2D eigenvalue weighted by Crippen LogP contribution is 2.11. The highest BCUT2D eigenvalue weighted by Gasteiger charge is 2.16. The normalized spacial score (nSPS) is 13.3. The Hall–Kier alpha value is -1.39. The third-order valence-corrected chi connectivity index (χ3v) is 2.55.